The van der Waals surface area contributed by atoms with E-state index >= 15 is 0 Å². The number of esters is 1. The number of benzene rings is 3. The summed E-state index contributed by atoms with van der Waals surface area (Å²) in [5, 5.41) is 2.19. The standard InChI is InChI=1S/C27H26F3NO4S/c1-3-35-26(33)24(36-21-7-5-4-6-8-21)16-19-11-14-23(34-2)22(15-19)25(32)31-17-18-9-12-20(13-10-18)27(28,29)30/h4-15,24H,3,16-17H2,1-2H3,(H,31,32). The maximum atomic E-state index is 12.9. The van der Waals surface area contributed by atoms with Gasteiger partial charge in [0.05, 0.1) is 24.8 Å². The number of thioether (sulfide) groups is 1. The molecule has 0 saturated heterocycles. The number of amides is 1. The van der Waals surface area contributed by atoms with Gasteiger partial charge in [0.25, 0.3) is 5.91 Å². The average Bonchev–Trinajstić information content (AvgIpc) is 2.87. The first kappa shape index (κ1) is 27.1. The van der Waals surface area contributed by atoms with E-state index in [0.29, 0.717) is 17.7 Å². The molecule has 0 heterocycles. The van der Waals surface area contributed by atoms with Crippen LogP contribution in [0.5, 0.6) is 5.75 Å². The van der Waals surface area contributed by atoms with Gasteiger partial charge in [0.1, 0.15) is 11.0 Å². The minimum atomic E-state index is -4.42. The summed E-state index contributed by atoms with van der Waals surface area (Å²) in [4.78, 5) is 26.5. The van der Waals surface area contributed by atoms with Crippen molar-refractivity contribution in [3.8, 4) is 5.75 Å². The van der Waals surface area contributed by atoms with E-state index in [9.17, 15) is 22.8 Å². The molecule has 1 unspecified atom stereocenters. The molecule has 1 N–H and O–H groups in total. The van der Waals surface area contributed by atoms with E-state index in [0.717, 1.165) is 22.6 Å². The average molecular weight is 518 g/mol. The molecular formula is C27H26F3NO4S. The van der Waals surface area contributed by atoms with E-state index in [4.69, 9.17) is 9.47 Å². The number of nitrogens with one attached hydrogen (secondary N) is 1. The second kappa shape index (κ2) is 12.5. The van der Waals surface area contributed by atoms with Crippen LogP contribution < -0.4 is 10.1 Å². The zero-order chi connectivity index (χ0) is 26.1. The third-order valence-corrected chi connectivity index (χ3v) is 6.42. The molecule has 3 aromatic carbocycles. The van der Waals surface area contributed by atoms with Crippen LogP contribution in [0.2, 0.25) is 0 Å². The summed E-state index contributed by atoms with van der Waals surface area (Å²) in [5.74, 6) is -0.459. The molecule has 0 bridgehead atoms. The summed E-state index contributed by atoms with van der Waals surface area (Å²) in [6.45, 7) is 2.04. The minimum Gasteiger partial charge on any atom is -0.496 e. The first-order chi connectivity index (χ1) is 17.2. The largest absolute Gasteiger partial charge is 0.496 e. The highest BCUT2D eigenvalue weighted by Crippen LogP contribution is 2.30. The van der Waals surface area contributed by atoms with Gasteiger partial charge in [-0.2, -0.15) is 13.2 Å². The van der Waals surface area contributed by atoms with Crippen molar-refractivity contribution in [2.45, 2.75) is 36.2 Å². The van der Waals surface area contributed by atoms with Gasteiger partial charge in [-0.1, -0.05) is 36.4 Å². The maximum Gasteiger partial charge on any atom is 0.416 e. The SMILES string of the molecule is CCOC(=O)C(Cc1ccc(OC)c(C(=O)NCc2ccc(C(F)(F)F)cc2)c1)Sc1ccccc1. The fourth-order valence-corrected chi connectivity index (χ4v) is 4.52. The fraction of sp³-hybridized carbons (Fsp3) is 0.259. The smallest absolute Gasteiger partial charge is 0.416 e. The molecule has 9 heteroatoms. The predicted molar refractivity (Wildman–Crippen MR) is 132 cm³/mol. The zero-order valence-electron chi connectivity index (χ0n) is 19.8. The summed E-state index contributed by atoms with van der Waals surface area (Å²) >= 11 is 1.38. The Labute approximate surface area is 212 Å². The van der Waals surface area contributed by atoms with Gasteiger partial charge in [0, 0.05) is 11.4 Å². The Morgan fingerprint density at radius 2 is 1.64 bits per heavy atom. The lowest BCUT2D eigenvalue weighted by atomic mass is 10.0. The van der Waals surface area contributed by atoms with Crippen LogP contribution in [0.15, 0.2) is 77.7 Å². The third kappa shape index (κ3) is 7.52. The quantitative estimate of drug-likeness (QED) is 0.268. The van der Waals surface area contributed by atoms with Crippen LogP contribution in [0.3, 0.4) is 0 Å². The van der Waals surface area contributed by atoms with Crippen LogP contribution in [-0.4, -0.2) is 30.8 Å². The number of hydrogen-bond donors (Lipinski definition) is 1. The molecule has 0 aromatic heterocycles. The molecule has 3 rings (SSSR count). The number of ether oxygens (including phenoxy) is 2. The lowest BCUT2D eigenvalue weighted by Crippen LogP contribution is -2.25. The van der Waals surface area contributed by atoms with Crippen molar-refractivity contribution in [2.75, 3.05) is 13.7 Å². The summed E-state index contributed by atoms with van der Waals surface area (Å²) < 4.78 is 48.9. The number of carbonyl (C=O) groups excluding carboxylic acids is 2. The highest BCUT2D eigenvalue weighted by atomic mass is 32.2. The van der Waals surface area contributed by atoms with E-state index in [2.05, 4.69) is 5.32 Å². The minimum absolute atomic E-state index is 0.0413. The lowest BCUT2D eigenvalue weighted by Gasteiger charge is -2.17. The first-order valence-electron chi connectivity index (χ1n) is 11.2. The molecule has 0 fully saturated rings. The molecular weight excluding hydrogens is 491 g/mol. The van der Waals surface area contributed by atoms with Crippen molar-refractivity contribution < 1.29 is 32.2 Å². The Morgan fingerprint density at radius 3 is 2.25 bits per heavy atom. The first-order valence-corrected chi connectivity index (χ1v) is 12.1. The highest BCUT2D eigenvalue weighted by molar-refractivity contribution is 8.00. The molecule has 3 aromatic rings. The van der Waals surface area contributed by atoms with E-state index in [1.54, 1.807) is 25.1 Å². The van der Waals surface area contributed by atoms with E-state index in [1.807, 2.05) is 30.3 Å². The molecule has 0 aliphatic rings. The number of methoxy groups -OCH3 is 1. The van der Waals surface area contributed by atoms with E-state index < -0.39 is 22.9 Å². The van der Waals surface area contributed by atoms with Crippen molar-refractivity contribution in [2.24, 2.45) is 0 Å². The Bertz CT molecular complexity index is 1170. The Kier molecular flexibility index (Phi) is 9.41. The molecule has 0 radical (unpaired) electrons. The number of hydrogen-bond acceptors (Lipinski definition) is 5. The number of halogens is 3. The highest BCUT2D eigenvalue weighted by Gasteiger charge is 2.30. The van der Waals surface area contributed by atoms with Crippen molar-refractivity contribution in [1.82, 2.24) is 5.32 Å². The lowest BCUT2D eigenvalue weighted by molar-refractivity contribution is -0.142. The number of alkyl halides is 3. The monoisotopic (exact) mass is 517 g/mol. The summed E-state index contributed by atoms with van der Waals surface area (Å²) in [6, 6.07) is 19.2. The molecule has 5 nitrogen and oxygen atoms in total. The third-order valence-electron chi connectivity index (χ3n) is 5.23. The Hall–Kier alpha value is -3.46. The van der Waals surface area contributed by atoms with Crippen LogP contribution in [0.4, 0.5) is 13.2 Å². The van der Waals surface area contributed by atoms with Gasteiger partial charge < -0.3 is 14.8 Å². The number of carbonyl (C=O) groups is 2. The van der Waals surface area contributed by atoms with E-state index in [-0.39, 0.29) is 24.7 Å². The van der Waals surface area contributed by atoms with Crippen LogP contribution in [0.25, 0.3) is 0 Å². The van der Waals surface area contributed by atoms with Crippen molar-refractivity contribution >= 4 is 23.6 Å². The molecule has 36 heavy (non-hydrogen) atoms. The molecule has 190 valence electrons. The topological polar surface area (TPSA) is 64.6 Å². The Morgan fingerprint density at radius 1 is 0.972 bits per heavy atom. The summed E-state index contributed by atoms with van der Waals surface area (Å²) in [5.41, 5.74) is 0.760. The van der Waals surface area contributed by atoms with Crippen molar-refractivity contribution in [3.63, 3.8) is 0 Å². The Balaban J connectivity index is 1.75. The molecule has 0 aliphatic carbocycles. The van der Waals surface area contributed by atoms with Gasteiger partial charge >= 0.3 is 12.1 Å². The second-order valence-corrected chi connectivity index (χ2v) is 9.06. The normalized spacial score (nSPS) is 12.0. The van der Waals surface area contributed by atoms with Crippen molar-refractivity contribution in [3.05, 3.63) is 95.1 Å². The number of rotatable bonds is 10. The van der Waals surface area contributed by atoms with Crippen LogP contribution >= 0.6 is 11.8 Å². The van der Waals surface area contributed by atoms with Gasteiger partial charge in [-0.25, -0.2) is 0 Å². The van der Waals surface area contributed by atoms with Crippen LogP contribution in [0.1, 0.15) is 34.0 Å². The van der Waals surface area contributed by atoms with Gasteiger partial charge in [0.2, 0.25) is 0 Å². The molecule has 0 aliphatic heterocycles. The van der Waals surface area contributed by atoms with Gasteiger partial charge in [-0.05, 0) is 60.9 Å². The van der Waals surface area contributed by atoms with Gasteiger partial charge in [-0.3, -0.25) is 9.59 Å². The van der Waals surface area contributed by atoms with Gasteiger partial charge in [0.15, 0.2) is 0 Å². The maximum absolute atomic E-state index is 12.9. The fourth-order valence-electron chi connectivity index (χ4n) is 3.43. The summed E-state index contributed by atoms with van der Waals surface area (Å²) in [7, 11) is 1.44. The predicted octanol–water partition coefficient (Wildman–Crippen LogP) is 5.91. The summed E-state index contributed by atoms with van der Waals surface area (Å²) in [6.07, 6.45) is -4.10. The second-order valence-electron chi connectivity index (χ2n) is 7.79. The zero-order valence-corrected chi connectivity index (χ0v) is 20.6. The van der Waals surface area contributed by atoms with Crippen LogP contribution in [-0.2, 0) is 28.7 Å². The molecule has 1 atom stereocenters. The molecule has 1 amide bonds. The molecule has 0 spiro atoms. The van der Waals surface area contributed by atoms with Crippen LogP contribution in [0, 0.1) is 0 Å². The molecule has 0 saturated carbocycles. The van der Waals surface area contributed by atoms with E-state index in [1.165, 1.54) is 31.0 Å². The van der Waals surface area contributed by atoms with Crippen molar-refractivity contribution in [1.29, 1.82) is 0 Å². The van der Waals surface area contributed by atoms with Gasteiger partial charge in [-0.15, -0.1) is 11.8 Å².